The number of carbonyl (C=O) groups is 1. The van der Waals surface area contributed by atoms with Crippen LogP contribution in [0.2, 0.25) is 0 Å². The van der Waals surface area contributed by atoms with Crippen molar-refractivity contribution in [3.8, 4) is 0 Å². The van der Waals surface area contributed by atoms with Crippen molar-refractivity contribution in [1.29, 1.82) is 0 Å². The van der Waals surface area contributed by atoms with E-state index in [4.69, 9.17) is 4.74 Å². The van der Waals surface area contributed by atoms with Gasteiger partial charge in [0.1, 0.15) is 5.60 Å². The monoisotopic (exact) mass is 314 g/mol. The quantitative estimate of drug-likeness (QED) is 0.562. The summed E-state index contributed by atoms with van der Waals surface area (Å²) >= 11 is 0. The van der Waals surface area contributed by atoms with E-state index in [1.54, 1.807) is 0 Å². The van der Waals surface area contributed by atoms with Gasteiger partial charge in [-0.3, -0.25) is 0 Å². The lowest BCUT2D eigenvalue weighted by Crippen LogP contribution is -2.64. The molecule has 0 radical (unpaired) electrons. The smallest absolute Gasteiger partial charge is 0.330 e. The second-order valence-electron chi connectivity index (χ2n) is 9.59. The Morgan fingerprint density at radius 1 is 0.957 bits per heavy atom. The summed E-state index contributed by atoms with van der Waals surface area (Å²) in [6, 6.07) is 0. The Morgan fingerprint density at radius 3 is 2.09 bits per heavy atom. The van der Waals surface area contributed by atoms with Gasteiger partial charge in [0.15, 0.2) is 0 Å². The zero-order valence-electron chi connectivity index (χ0n) is 14.4. The fourth-order valence-corrected chi connectivity index (χ4v) is 8.10. The molecule has 6 fully saturated rings. The Bertz CT molecular complexity index is 506. The molecule has 6 aliphatic carbocycles. The van der Waals surface area contributed by atoms with E-state index in [0.29, 0.717) is 17.8 Å². The zero-order valence-corrected chi connectivity index (χ0v) is 14.4. The molecule has 0 heterocycles. The van der Waals surface area contributed by atoms with E-state index >= 15 is 0 Å². The summed E-state index contributed by atoms with van der Waals surface area (Å²) in [6.45, 7) is 6.12. The van der Waals surface area contributed by atoms with Gasteiger partial charge in [-0.1, -0.05) is 13.5 Å². The topological polar surface area (TPSA) is 26.3 Å². The van der Waals surface area contributed by atoms with Crippen LogP contribution in [0.5, 0.6) is 0 Å². The van der Waals surface area contributed by atoms with Gasteiger partial charge in [0.2, 0.25) is 0 Å². The molecule has 0 spiro atoms. The Morgan fingerprint density at radius 2 is 1.61 bits per heavy atom. The molecule has 0 aromatic heterocycles. The van der Waals surface area contributed by atoms with Crippen LogP contribution in [-0.4, -0.2) is 11.6 Å². The molecule has 6 saturated carbocycles. The van der Waals surface area contributed by atoms with E-state index < -0.39 is 0 Å². The molecule has 6 aliphatic rings. The van der Waals surface area contributed by atoms with Gasteiger partial charge in [-0.15, -0.1) is 0 Å². The fourth-order valence-electron chi connectivity index (χ4n) is 8.10. The maximum absolute atomic E-state index is 12.3. The van der Waals surface area contributed by atoms with Gasteiger partial charge in [-0.05, 0) is 92.8 Å². The van der Waals surface area contributed by atoms with Crippen LogP contribution in [0, 0.1) is 47.3 Å². The van der Waals surface area contributed by atoms with Crippen molar-refractivity contribution in [2.24, 2.45) is 47.3 Å². The first kappa shape index (κ1) is 14.5. The van der Waals surface area contributed by atoms with Gasteiger partial charge in [-0.25, -0.2) is 4.79 Å². The first-order valence-electron chi connectivity index (χ1n) is 9.95. The molecule has 0 saturated heterocycles. The van der Waals surface area contributed by atoms with E-state index in [9.17, 15) is 4.79 Å². The maximum atomic E-state index is 12.3. The van der Waals surface area contributed by atoms with Crippen molar-refractivity contribution in [2.45, 2.75) is 63.9 Å². The number of ether oxygens (including phenoxy) is 1. The highest BCUT2D eigenvalue weighted by Gasteiger charge is 2.66. The van der Waals surface area contributed by atoms with Crippen molar-refractivity contribution in [1.82, 2.24) is 0 Å². The van der Waals surface area contributed by atoms with Gasteiger partial charge in [0.25, 0.3) is 0 Å². The standard InChI is InChI=1S/C21H30O2/c1-3-20(22)23-21(19-11-15-10-16(19)4-12(15)2)17-6-13-5-14(8-17)9-18(21)7-13/h3,12-19H,1,4-11H2,2H3. The third-order valence-corrected chi connectivity index (χ3v) is 8.65. The van der Waals surface area contributed by atoms with E-state index in [0.717, 1.165) is 29.6 Å². The number of esters is 1. The molecule has 4 unspecified atom stereocenters. The van der Waals surface area contributed by atoms with Crippen molar-refractivity contribution in [2.75, 3.05) is 0 Å². The first-order valence-corrected chi connectivity index (χ1v) is 9.95. The summed E-state index contributed by atoms with van der Waals surface area (Å²) in [6.07, 6.45) is 12.2. The third-order valence-electron chi connectivity index (χ3n) is 8.65. The SMILES string of the molecule is C=CC(=O)OC1(C2CC3CC2CC3C)C2CC3CC(C2)CC1C3. The normalized spacial score (nSPS) is 56.0. The predicted molar refractivity (Wildman–Crippen MR) is 89.6 cm³/mol. The van der Waals surface area contributed by atoms with Crippen LogP contribution in [-0.2, 0) is 9.53 Å². The number of hydrogen-bond donors (Lipinski definition) is 0. The summed E-state index contributed by atoms with van der Waals surface area (Å²) in [5, 5.41) is 0. The van der Waals surface area contributed by atoms with E-state index in [1.807, 2.05) is 0 Å². The molecule has 23 heavy (non-hydrogen) atoms. The van der Waals surface area contributed by atoms with Gasteiger partial charge >= 0.3 is 5.97 Å². The summed E-state index contributed by atoms with van der Waals surface area (Å²) in [7, 11) is 0. The minimum absolute atomic E-state index is 0.127. The summed E-state index contributed by atoms with van der Waals surface area (Å²) in [4.78, 5) is 12.3. The lowest BCUT2D eigenvalue weighted by atomic mass is 9.46. The van der Waals surface area contributed by atoms with Crippen LogP contribution in [0.4, 0.5) is 0 Å². The van der Waals surface area contributed by atoms with Crippen molar-refractivity contribution in [3.63, 3.8) is 0 Å². The van der Waals surface area contributed by atoms with Gasteiger partial charge in [0.05, 0.1) is 0 Å². The van der Waals surface area contributed by atoms with Crippen LogP contribution < -0.4 is 0 Å². The van der Waals surface area contributed by atoms with Crippen molar-refractivity contribution in [3.05, 3.63) is 12.7 Å². The average Bonchev–Trinajstić information content (AvgIpc) is 3.09. The highest BCUT2D eigenvalue weighted by molar-refractivity contribution is 5.81. The Kier molecular flexibility index (Phi) is 3.07. The van der Waals surface area contributed by atoms with Gasteiger partial charge in [-0.2, -0.15) is 0 Å². The largest absolute Gasteiger partial charge is 0.455 e. The minimum atomic E-state index is -0.159. The molecule has 6 bridgehead atoms. The Labute approximate surface area is 140 Å². The first-order chi connectivity index (χ1) is 11.1. The summed E-state index contributed by atoms with van der Waals surface area (Å²) in [5.41, 5.74) is -0.127. The number of carbonyl (C=O) groups excluding carboxylic acids is 1. The summed E-state index contributed by atoms with van der Waals surface area (Å²) in [5.74, 6) is 6.20. The molecular formula is C21H30O2. The molecule has 6 rings (SSSR count). The minimum Gasteiger partial charge on any atom is -0.455 e. The number of hydrogen-bond acceptors (Lipinski definition) is 2. The second kappa shape index (κ2) is 4.86. The Hall–Kier alpha value is -0.790. The van der Waals surface area contributed by atoms with Crippen LogP contribution in [0.15, 0.2) is 12.7 Å². The highest BCUT2D eigenvalue weighted by Crippen LogP contribution is 2.67. The van der Waals surface area contributed by atoms with Crippen molar-refractivity contribution >= 4 is 5.97 Å². The maximum Gasteiger partial charge on any atom is 0.330 e. The molecule has 4 atom stereocenters. The molecule has 0 N–H and O–H groups in total. The molecule has 0 aromatic rings. The molecule has 2 heteroatoms. The third kappa shape index (κ3) is 1.90. The fraction of sp³-hybridized carbons (Fsp3) is 0.857. The molecule has 126 valence electrons. The molecule has 0 amide bonds. The molecule has 0 aliphatic heterocycles. The number of rotatable bonds is 3. The lowest BCUT2D eigenvalue weighted by molar-refractivity contribution is -0.232. The van der Waals surface area contributed by atoms with Gasteiger partial charge in [0, 0.05) is 12.0 Å². The van der Waals surface area contributed by atoms with E-state index in [1.165, 1.54) is 57.4 Å². The number of fused-ring (bicyclic) bond motifs is 2. The highest BCUT2D eigenvalue weighted by atomic mass is 16.6. The lowest BCUT2D eigenvalue weighted by Gasteiger charge is -2.63. The summed E-state index contributed by atoms with van der Waals surface area (Å²) < 4.78 is 6.38. The van der Waals surface area contributed by atoms with Crippen LogP contribution in [0.25, 0.3) is 0 Å². The van der Waals surface area contributed by atoms with Crippen molar-refractivity contribution < 1.29 is 9.53 Å². The Balaban J connectivity index is 1.53. The van der Waals surface area contributed by atoms with Crippen LogP contribution >= 0.6 is 0 Å². The van der Waals surface area contributed by atoms with E-state index in [-0.39, 0.29) is 11.6 Å². The van der Waals surface area contributed by atoms with Crippen LogP contribution in [0.3, 0.4) is 0 Å². The second-order valence-corrected chi connectivity index (χ2v) is 9.59. The average molecular weight is 314 g/mol. The zero-order chi connectivity index (χ0) is 15.8. The van der Waals surface area contributed by atoms with Gasteiger partial charge < -0.3 is 4.74 Å². The molecule has 2 nitrogen and oxygen atoms in total. The molecular weight excluding hydrogens is 284 g/mol. The predicted octanol–water partition coefficient (Wildman–Crippen LogP) is 4.59. The van der Waals surface area contributed by atoms with E-state index in [2.05, 4.69) is 13.5 Å². The van der Waals surface area contributed by atoms with Crippen LogP contribution in [0.1, 0.15) is 58.3 Å². The molecule has 0 aromatic carbocycles.